The fourth-order valence-electron chi connectivity index (χ4n) is 3.19. The lowest BCUT2D eigenvalue weighted by molar-refractivity contribution is 0.0697. The first-order valence-electron chi connectivity index (χ1n) is 8.60. The molecule has 1 aliphatic rings. The highest BCUT2D eigenvalue weighted by atomic mass is 32.2. The number of hydrogen-bond acceptors (Lipinski definition) is 5. The molecular weight excluding hydrogens is 368 g/mol. The minimum atomic E-state index is -3.38. The Bertz CT molecular complexity index is 929. The average Bonchev–Trinajstić information content (AvgIpc) is 3.11. The third-order valence-electron chi connectivity index (χ3n) is 4.67. The number of carboxylic acids is 1. The Balaban J connectivity index is 1.70. The molecule has 1 aromatic carbocycles. The average molecular weight is 390 g/mol. The Hall–Kier alpha value is -2.36. The van der Waals surface area contributed by atoms with Gasteiger partial charge < -0.3 is 5.11 Å². The van der Waals surface area contributed by atoms with E-state index in [0.717, 1.165) is 12.1 Å². The molecule has 1 N–H and O–H groups in total. The summed E-state index contributed by atoms with van der Waals surface area (Å²) in [6.07, 6.45) is 4.61. The SMILES string of the molecule is CN(C)S(=O)(=O)N1CC[C@H](Cc2cnc(-c3ccccc3C(=O)O)cn2)C1. The van der Waals surface area contributed by atoms with Gasteiger partial charge in [0.1, 0.15) is 0 Å². The number of carboxylic acid groups (broad SMARTS) is 1. The van der Waals surface area contributed by atoms with Gasteiger partial charge >= 0.3 is 5.97 Å². The number of aromatic nitrogens is 2. The summed E-state index contributed by atoms with van der Waals surface area (Å²) in [4.78, 5) is 20.1. The van der Waals surface area contributed by atoms with E-state index in [4.69, 9.17) is 0 Å². The van der Waals surface area contributed by atoms with Gasteiger partial charge in [-0.25, -0.2) is 4.79 Å². The zero-order chi connectivity index (χ0) is 19.6. The fraction of sp³-hybridized carbons (Fsp3) is 0.389. The van der Waals surface area contributed by atoms with E-state index in [9.17, 15) is 18.3 Å². The van der Waals surface area contributed by atoms with E-state index in [1.165, 1.54) is 28.8 Å². The van der Waals surface area contributed by atoms with E-state index in [0.29, 0.717) is 30.8 Å². The molecule has 0 saturated carbocycles. The van der Waals surface area contributed by atoms with Crippen molar-refractivity contribution in [3.05, 3.63) is 47.9 Å². The lowest BCUT2D eigenvalue weighted by Crippen LogP contribution is -2.38. The zero-order valence-electron chi connectivity index (χ0n) is 15.2. The normalized spacial score (nSPS) is 18.1. The second-order valence-electron chi connectivity index (χ2n) is 6.75. The van der Waals surface area contributed by atoms with Gasteiger partial charge in [0.2, 0.25) is 0 Å². The molecule has 3 rings (SSSR count). The molecule has 1 fully saturated rings. The molecule has 0 bridgehead atoms. The smallest absolute Gasteiger partial charge is 0.336 e. The van der Waals surface area contributed by atoms with Crippen molar-refractivity contribution < 1.29 is 18.3 Å². The van der Waals surface area contributed by atoms with Crippen LogP contribution in [-0.2, 0) is 16.6 Å². The van der Waals surface area contributed by atoms with Crippen molar-refractivity contribution in [3.8, 4) is 11.3 Å². The summed E-state index contributed by atoms with van der Waals surface area (Å²) in [5.74, 6) is -0.823. The number of rotatable bonds is 6. The number of benzene rings is 1. The standard InChI is InChI=1S/C18H22N4O4S/c1-21(2)27(25,26)22-8-7-13(12-22)9-14-10-20-17(11-19-14)15-5-3-4-6-16(15)18(23)24/h3-6,10-11,13H,7-9,12H2,1-2H3,(H,23,24)/t13-/m1/s1. The van der Waals surface area contributed by atoms with Crippen LogP contribution in [-0.4, -0.2) is 65.3 Å². The van der Waals surface area contributed by atoms with Gasteiger partial charge in [0.15, 0.2) is 0 Å². The van der Waals surface area contributed by atoms with Gasteiger partial charge in [0.05, 0.1) is 23.1 Å². The van der Waals surface area contributed by atoms with Crippen LogP contribution in [0.2, 0.25) is 0 Å². The van der Waals surface area contributed by atoms with E-state index >= 15 is 0 Å². The molecule has 27 heavy (non-hydrogen) atoms. The van der Waals surface area contributed by atoms with Gasteiger partial charge in [-0.15, -0.1) is 0 Å². The molecule has 0 radical (unpaired) electrons. The number of carbonyl (C=O) groups is 1. The van der Waals surface area contributed by atoms with Crippen molar-refractivity contribution in [1.29, 1.82) is 0 Å². The first-order chi connectivity index (χ1) is 12.8. The van der Waals surface area contributed by atoms with Crippen LogP contribution in [0.25, 0.3) is 11.3 Å². The maximum Gasteiger partial charge on any atom is 0.336 e. The van der Waals surface area contributed by atoms with Crippen LogP contribution < -0.4 is 0 Å². The quantitative estimate of drug-likeness (QED) is 0.802. The van der Waals surface area contributed by atoms with E-state index in [1.807, 2.05) is 0 Å². The zero-order valence-corrected chi connectivity index (χ0v) is 16.1. The van der Waals surface area contributed by atoms with Crippen molar-refractivity contribution >= 4 is 16.2 Å². The largest absolute Gasteiger partial charge is 0.478 e. The summed E-state index contributed by atoms with van der Waals surface area (Å²) in [5.41, 5.74) is 1.97. The highest BCUT2D eigenvalue weighted by Crippen LogP contribution is 2.25. The Kier molecular flexibility index (Phi) is 5.54. The van der Waals surface area contributed by atoms with Crippen molar-refractivity contribution in [1.82, 2.24) is 18.6 Å². The van der Waals surface area contributed by atoms with Gasteiger partial charge in [-0.1, -0.05) is 18.2 Å². The summed E-state index contributed by atoms with van der Waals surface area (Å²) in [6.45, 7) is 0.967. The topological polar surface area (TPSA) is 104 Å². The molecule has 144 valence electrons. The molecule has 0 aliphatic carbocycles. The molecule has 1 aromatic heterocycles. The van der Waals surface area contributed by atoms with Crippen LogP contribution in [0.1, 0.15) is 22.5 Å². The Morgan fingerprint density at radius 1 is 1.26 bits per heavy atom. The Labute approximate surface area is 158 Å². The van der Waals surface area contributed by atoms with E-state index in [2.05, 4.69) is 9.97 Å². The summed E-state index contributed by atoms with van der Waals surface area (Å²) >= 11 is 0. The summed E-state index contributed by atoms with van der Waals surface area (Å²) < 4.78 is 27.1. The van der Waals surface area contributed by atoms with Crippen LogP contribution in [0, 0.1) is 5.92 Å². The van der Waals surface area contributed by atoms with Gasteiger partial charge in [-0.3, -0.25) is 9.97 Å². The molecule has 0 unspecified atom stereocenters. The highest BCUT2D eigenvalue weighted by Gasteiger charge is 2.32. The highest BCUT2D eigenvalue weighted by molar-refractivity contribution is 7.86. The van der Waals surface area contributed by atoms with E-state index in [-0.39, 0.29) is 11.5 Å². The van der Waals surface area contributed by atoms with Gasteiger partial charge in [0.25, 0.3) is 10.2 Å². The molecule has 9 heteroatoms. The minimum absolute atomic E-state index is 0.180. The maximum atomic E-state index is 12.2. The van der Waals surface area contributed by atoms with Gasteiger partial charge in [0, 0.05) is 38.9 Å². The molecule has 2 heterocycles. The van der Waals surface area contributed by atoms with Crippen molar-refractivity contribution in [2.24, 2.45) is 5.92 Å². The monoisotopic (exact) mass is 390 g/mol. The Morgan fingerprint density at radius 3 is 2.63 bits per heavy atom. The number of hydrogen-bond donors (Lipinski definition) is 1. The summed E-state index contributed by atoms with van der Waals surface area (Å²) in [7, 11) is -0.323. The molecule has 1 atom stereocenters. The van der Waals surface area contributed by atoms with Crippen molar-refractivity contribution in [2.75, 3.05) is 27.2 Å². The van der Waals surface area contributed by atoms with Crippen LogP contribution in [0.15, 0.2) is 36.7 Å². The predicted octanol–water partition coefficient (Wildman–Crippen LogP) is 1.51. The van der Waals surface area contributed by atoms with Crippen molar-refractivity contribution in [3.63, 3.8) is 0 Å². The van der Waals surface area contributed by atoms with Crippen LogP contribution in [0.4, 0.5) is 0 Å². The lowest BCUT2D eigenvalue weighted by Gasteiger charge is -2.20. The van der Waals surface area contributed by atoms with Crippen LogP contribution >= 0.6 is 0 Å². The fourth-order valence-corrected chi connectivity index (χ4v) is 4.39. The first-order valence-corrected chi connectivity index (χ1v) is 10.00. The van der Waals surface area contributed by atoms with Gasteiger partial charge in [-0.05, 0) is 24.8 Å². The van der Waals surface area contributed by atoms with Crippen LogP contribution in [0.3, 0.4) is 0 Å². The third-order valence-corrected chi connectivity index (χ3v) is 6.58. The second kappa shape index (κ2) is 7.71. The second-order valence-corrected chi connectivity index (χ2v) is 8.89. The maximum absolute atomic E-state index is 12.2. The molecular formula is C18H22N4O4S. The Morgan fingerprint density at radius 2 is 2.00 bits per heavy atom. The molecule has 1 saturated heterocycles. The minimum Gasteiger partial charge on any atom is -0.478 e. The van der Waals surface area contributed by atoms with Crippen LogP contribution in [0.5, 0.6) is 0 Å². The van der Waals surface area contributed by atoms with Crippen molar-refractivity contribution in [2.45, 2.75) is 12.8 Å². The molecule has 0 amide bonds. The summed E-state index contributed by atoms with van der Waals surface area (Å²) in [5, 5.41) is 9.30. The summed E-state index contributed by atoms with van der Waals surface area (Å²) in [6, 6.07) is 6.66. The molecule has 0 spiro atoms. The molecule has 2 aromatic rings. The number of aromatic carboxylic acids is 1. The third kappa shape index (κ3) is 4.15. The van der Waals surface area contributed by atoms with E-state index in [1.54, 1.807) is 30.6 Å². The number of nitrogens with zero attached hydrogens (tertiary/aromatic N) is 4. The van der Waals surface area contributed by atoms with E-state index < -0.39 is 16.2 Å². The predicted molar refractivity (Wildman–Crippen MR) is 100 cm³/mol. The first kappa shape index (κ1) is 19.4. The van der Waals surface area contributed by atoms with Gasteiger partial charge in [-0.2, -0.15) is 17.0 Å². The lowest BCUT2D eigenvalue weighted by atomic mass is 10.0. The molecule has 8 nitrogen and oxygen atoms in total. The molecule has 1 aliphatic heterocycles.